The average molecular weight is 366 g/mol. The van der Waals surface area contributed by atoms with Crippen molar-refractivity contribution >= 4 is 39.6 Å². The zero-order valence-corrected chi connectivity index (χ0v) is 15.2. The molecule has 26 heavy (non-hydrogen) atoms. The lowest BCUT2D eigenvalue weighted by Crippen LogP contribution is -2.01. The summed E-state index contributed by atoms with van der Waals surface area (Å²) in [5.41, 5.74) is 5.82. The fourth-order valence-corrected chi connectivity index (χ4v) is 4.39. The lowest BCUT2D eigenvalue weighted by Gasteiger charge is -2.11. The normalized spacial score (nSPS) is 13.7. The number of hydrogen-bond donors (Lipinski definition) is 1. The molecule has 0 amide bonds. The van der Waals surface area contributed by atoms with E-state index in [9.17, 15) is 4.79 Å². The molecular formula is C19H18N4O2S. The molecule has 1 N–H and O–H groups in total. The van der Waals surface area contributed by atoms with Crippen LogP contribution in [0.3, 0.4) is 0 Å². The van der Waals surface area contributed by atoms with Crippen LogP contribution in [0.2, 0.25) is 0 Å². The maximum atomic E-state index is 11.5. The predicted octanol–water partition coefficient (Wildman–Crippen LogP) is 3.80. The van der Waals surface area contributed by atoms with Crippen LogP contribution in [0.4, 0.5) is 5.82 Å². The van der Waals surface area contributed by atoms with E-state index in [4.69, 9.17) is 4.74 Å². The van der Waals surface area contributed by atoms with E-state index in [0.717, 1.165) is 34.4 Å². The number of carbonyl (C=O) groups excluding carboxylic acids is 1. The summed E-state index contributed by atoms with van der Waals surface area (Å²) < 4.78 is 4.70. The Morgan fingerprint density at radius 3 is 2.85 bits per heavy atom. The number of hydrogen-bond acceptors (Lipinski definition) is 7. The number of nitrogens with one attached hydrogen (secondary N) is 1. The summed E-state index contributed by atoms with van der Waals surface area (Å²) in [6.07, 6.45) is 7.95. The highest BCUT2D eigenvalue weighted by Crippen LogP contribution is 2.38. The van der Waals surface area contributed by atoms with Gasteiger partial charge in [0.05, 0.1) is 24.3 Å². The topological polar surface area (TPSA) is 76.5 Å². The summed E-state index contributed by atoms with van der Waals surface area (Å²) in [5.74, 6) is 0.397. The van der Waals surface area contributed by atoms with Crippen molar-refractivity contribution in [3.8, 4) is 0 Å². The van der Waals surface area contributed by atoms with Crippen LogP contribution in [-0.4, -0.2) is 29.3 Å². The molecule has 2 aromatic heterocycles. The largest absolute Gasteiger partial charge is 0.465 e. The Kier molecular flexibility index (Phi) is 4.62. The van der Waals surface area contributed by atoms with Gasteiger partial charge >= 0.3 is 5.97 Å². The van der Waals surface area contributed by atoms with Gasteiger partial charge in [-0.2, -0.15) is 5.10 Å². The van der Waals surface area contributed by atoms with Gasteiger partial charge < -0.3 is 4.74 Å². The molecule has 0 aliphatic heterocycles. The number of esters is 1. The molecule has 1 aromatic carbocycles. The Morgan fingerprint density at radius 1 is 1.23 bits per heavy atom. The second-order valence-corrected chi connectivity index (χ2v) is 7.18. The van der Waals surface area contributed by atoms with Crippen LogP contribution in [0.5, 0.6) is 0 Å². The van der Waals surface area contributed by atoms with E-state index in [1.165, 1.54) is 30.4 Å². The first kappa shape index (κ1) is 16.7. The van der Waals surface area contributed by atoms with Crippen LogP contribution in [0.15, 0.2) is 35.7 Å². The Balaban J connectivity index is 1.55. The summed E-state index contributed by atoms with van der Waals surface area (Å²) in [6.45, 7) is 0. The van der Waals surface area contributed by atoms with Crippen LogP contribution in [0.1, 0.15) is 39.2 Å². The van der Waals surface area contributed by atoms with E-state index < -0.39 is 0 Å². The summed E-state index contributed by atoms with van der Waals surface area (Å²) in [6, 6.07) is 7.07. The average Bonchev–Trinajstić information content (AvgIpc) is 3.07. The highest BCUT2D eigenvalue weighted by atomic mass is 32.1. The maximum absolute atomic E-state index is 11.5. The molecule has 132 valence electrons. The number of methoxy groups -OCH3 is 1. The summed E-state index contributed by atoms with van der Waals surface area (Å²) in [7, 11) is 1.37. The Labute approximate surface area is 154 Å². The van der Waals surface area contributed by atoms with Crippen molar-refractivity contribution in [1.29, 1.82) is 0 Å². The molecule has 0 saturated heterocycles. The molecule has 0 unspecified atom stereocenters. The van der Waals surface area contributed by atoms with Crippen molar-refractivity contribution < 1.29 is 9.53 Å². The first-order chi connectivity index (χ1) is 12.8. The number of aromatic nitrogens is 2. The van der Waals surface area contributed by atoms with Crippen LogP contribution >= 0.6 is 11.3 Å². The molecule has 0 fully saturated rings. The van der Waals surface area contributed by atoms with E-state index in [0.29, 0.717) is 5.56 Å². The van der Waals surface area contributed by atoms with Crippen molar-refractivity contribution in [3.63, 3.8) is 0 Å². The fourth-order valence-electron chi connectivity index (χ4n) is 3.17. The van der Waals surface area contributed by atoms with Crippen LogP contribution in [-0.2, 0) is 17.6 Å². The number of aryl methyl sites for hydroxylation is 2. The van der Waals surface area contributed by atoms with Gasteiger partial charge in [-0.05, 0) is 48.9 Å². The Hall–Kier alpha value is -2.80. The first-order valence-electron chi connectivity index (χ1n) is 8.49. The van der Waals surface area contributed by atoms with E-state index in [2.05, 4.69) is 20.5 Å². The number of nitrogens with zero attached hydrogens (tertiary/aromatic N) is 3. The minimum Gasteiger partial charge on any atom is -0.465 e. The second-order valence-electron chi connectivity index (χ2n) is 6.10. The van der Waals surface area contributed by atoms with Gasteiger partial charge in [-0.1, -0.05) is 12.1 Å². The Bertz CT molecular complexity index is 979. The third-order valence-corrected chi connectivity index (χ3v) is 5.67. The Morgan fingerprint density at radius 2 is 2.04 bits per heavy atom. The van der Waals surface area contributed by atoms with Crippen molar-refractivity contribution in [1.82, 2.24) is 9.97 Å². The van der Waals surface area contributed by atoms with Crippen molar-refractivity contribution in [2.45, 2.75) is 25.7 Å². The van der Waals surface area contributed by atoms with E-state index in [1.54, 1.807) is 36.0 Å². The summed E-state index contributed by atoms with van der Waals surface area (Å²) >= 11 is 1.76. The molecule has 1 aliphatic rings. The molecule has 1 aliphatic carbocycles. The number of fused-ring (bicyclic) bond motifs is 3. The van der Waals surface area contributed by atoms with Gasteiger partial charge in [-0.25, -0.2) is 14.8 Å². The molecule has 0 radical (unpaired) electrons. The van der Waals surface area contributed by atoms with Gasteiger partial charge in [0.2, 0.25) is 0 Å². The monoisotopic (exact) mass is 366 g/mol. The zero-order valence-electron chi connectivity index (χ0n) is 14.4. The number of benzene rings is 1. The number of rotatable bonds is 4. The van der Waals surface area contributed by atoms with Crippen LogP contribution in [0.25, 0.3) is 10.2 Å². The highest BCUT2D eigenvalue weighted by Gasteiger charge is 2.19. The molecular weight excluding hydrogens is 348 g/mol. The number of thiophene rings is 1. The lowest BCUT2D eigenvalue weighted by atomic mass is 9.97. The predicted molar refractivity (Wildman–Crippen MR) is 103 cm³/mol. The molecule has 0 atom stereocenters. The number of ether oxygens (including phenoxy) is 1. The number of anilines is 1. The van der Waals surface area contributed by atoms with Gasteiger partial charge in [0, 0.05) is 4.88 Å². The van der Waals surface area contributed by atoms with E-state index in [-0.39, 0.29) is 5.97 Å². The smallest absolute Gasteiger partial charge is 0.337 e. The fraction of sp³-hybridized carbons (Fsp3) is 0.263. The van der Waals surface area contributed by atoms with Gasteiger partial charge in [-0.3, -0.25) is 5.43 Å². The molecule has 2 heterocycles. The standard InChI is InChI=1S/C19H18N4O2S/c1-25-19(24)13-8-6-12(7-9-13)10-22-23-17-16-14-4-2-3-5-15(14)26-18(16)21-11-20-17/h6-11H,2-5H2,1H3,(H,20,21,23)/b22-10-. The summed E-state index contributed by atoms with van der Waals surface area (Å²) in [4.78, 5) is 22.7. The minimum absolute atomic E-state index is 0.350. The van der Waals surface area contributed by atoms with Gasteiger partial charge in [0.1, 0.15) is 11.2 Å². The van der Waals surface area contributed by atoms with Crippen molar-refractivity contribution in [3.05, 3.63) is 52.2 Å². The zero-order chi connectivity index (χ0) is 17.9. The van der Waals surface area contributed by atoms with Crippen molar-refractivity contribution in [2.75, 3.05) is 12.5 Å². The van der Waals surface area contributed by atoms with Crippen LogP contribution < -0.4 is 5.43 Å². The first-order valence-corrected chi connectivity index (χ1v) is 9.30. The molecule has 4 rings (SSSR count). The minimum atomic E-state index is -0.350. The molecule has 0 saturated carbocycles. The molecule has 0 spiro atoms. The van der Waals surface area contributed by atoms with Gasteiger partial charge in [0.25, 0.3) is 0 Å². The number of hydrazone groups is 1. The number of carbonyl (C=O) groups is 1. The van der Waals surface area contributed by atoms with E-state index >= 15 is 0 Å². The SMILES string of the molecule is COC(=O)c1ccc(/C=N\Nc2ncnc3sc4c(c23)CCCC4)cc1. The van der Waals surface area contributed by atoms with E-state index in [1.807, 2.05) is 12.1 Å². The van der Waals surface area contributed by atoms with Gasteiger partial charge in [-0.15, -0.1) is 11.3 Å². The second kappa shape index (κ2) is 7.21. The molecule has 6 nitrogen and oxygen atoms in total. The maximum Gasteiger partial charge on any atom is 0.337 e. The molecule has 0 bridgehead atoms. The summed E-state index contributed by atoms with van der Waals surface area (Å²) in [5, 5.41) is 5.41. The lowest BCUT2D eigenvalue weighted by molar-refractivity contribution is 0.0600. The highest BCUT2D eigenvalue weighted by molar-refractivity contribution is 7.19. The van der Waals surface area contributed by atoms with Crippen LogP contribution in [0, 0.1) is 0 Å². The third kappa shape index (κ3) is 3.17. The molecule has 3 aromatic rings. The van der Waals surface area contributed by atoms with Gasteiger partial charge in [0.15, 0.2) is 5.82 Å². The third-order valence-electron chi connectivity index (χ3n) is 4.47. The van der Waals surface area contributed by atoms with Crippen molar-refractivity contribution in [2.24, 2.45) is 5.10 Å². The quantitative estimate of drug-likeness (QED) is 0.432. The molecule has 7 heteroatoms.